The van der Waals surface area contributed by atoms with Gasteiger partial charge in [-0.2, -0.15) is 0 Å². The molecule has 0 heterocycles. The maximum Gasteiger partial charge on any atom is 0.0595 e. The largest absolute Gasteiger partial charge is 0.324 e. The second-order valence-electron chi connectivity index (χ2n) is 5.04. The first-order chi connectivity index (χ1) is 9.16. The molecule has 0 saturated carbocycles. The molecule has 0 radical (unpaired) electrons. The Labute approximate surface area is 123 Å². The first-order valence-electron chi connectivity index (χ1n) is 6.46. The lowest BCUT2D eigenvalue weighted by molar-refractivity contribution is 0.530. The Bertz CT molecular complexity index is 609. The minimum absolute atomic E-state index is 0.148. The molecule has 3 rings (SSSR count). The molecule has 0 aliphatic heterocycles. The van der Waals surface area contributed by atoms with Crippen LogP contribution in [-0.4, -0.2) is 0 Å². The van der Waals surface area contributed by atoms with Gasteiger partial charge in [-0.15, -0.1) is 0 Å². The summed E-state index contributed by atoms with van der Waals surface area (Å²) in [5, 5.41) is 1.22. The number of hydrogen-bond acceptors (Lipinski definition) is 1. The third kappa shape index (κ3) is 2.38. The lowest BCUT2D eigenvalue weighted by Crippen LogP contribution is -2.20. The highest BCUT2D eigenvalue weighted by Gasteiger charge is 2.26. The highest BCUT2D eigenvalue weighted by atomic mass is 35.5. The second-order valence-corrected chi connectivity index (χ2v) is 5.85. The van der Waals surface area contributed by atoms with Crippen molar-refractivity contribution < 1.29 is 0 Å². The summed E-state index contributed by atoms with van der Waals surface area (Å²) in [5.41, 5.74) is 9.98. The highest BCUT2D eigenvalue weighted by molar-refractivity contribution is 6.42. The van der Waals surface area contributed by atoms with Crippen molar-refractivity contribution in [2.75, 3.05) is 0 Å². The Morgan fingerprint density at radius 1 is 0.895 bits per heavy atom. The van der Waals surface area contributed by atoms with Gasteiger partial charge in [0, 0.05) is 12.0 Å². The van der Waals surface area contributed by atoms with E-state index in [0.717, 1.165) is 12.8 Å². The summed E-state index contributed by atoms with van der Waals surface area (Å²) in [6.07, 6.45) is 2.05. The van der Waals surface area contributed by atoms with Crippen LogP contribution in [0.5, 0.6) is 0 Å². The number of fused-ring (bicyclic) bond motifs is 1. The topological polar surface area (TPSA) is 26.0 Å². The Balaban J connectivity index is 2.07. The van der Waals surface area contributed by atoms with Crippen molar-refractivity contribution in [1.29, 1.82) is 0 Å². The van der Waals surface area contributed by atoms with E-state index >= 15 is 0 Å². The molecular formula is C16H15Cl2N. The number of halogens is 2. The maximum absolute atomic E-state index is 6.19. The molecule has 1 aliphatic rings. The summed E-state index contributed by atoms with van der Waals surface area (Å²) in [5.74, 6) is 0.366. The van der Waals surface area contributed by atoms with E-state index in [1.54, 1.807) is 0 Å². The van der Waals surface area contributed by atoms with E-state index in [2.05, 4.69) is 30.3 Å². The summed E-state index contributed by atoms with van der Waals surface area (Å²) in [6, 6.07) is 14.5. The van der Waals surface area contributed by atoms with Gasteiger partial charge in [0.05, 0.1) is 10.0 Å². The molecule has 1 nitrogen and oxygen atoms in total. The van der Waals surface area contributed by atoms with Crippen LogP contribution >= 0.6 is 23.2 Å². The van der Waals surface area contributed by atoms with Crippen LogP contribution in [0.2, 0.25) is 10.0 Å². The van der Waals surface area contributed by atoms with Crippen LogP contribution in [0.1, 0.15) is 41.5 Å². The van der Waals surface area contributed by atoms with E-state index < -0.39 is 0 Å². The van der Waals surface area contributed by atoms with Crippen molar-refractivity contribution in [3.8, 4) is 0 Å². The monoisotopic (exact) mass is 297 g/mol. The number of benzene rings is 2. The zero-order valence-electron chi connectivity index (χ0n) is 10.4. The van der Waals surface area contributed by atoms with Crippen molar-refractivity contribution in [2.45, 2.75) is 24.8 Å². The molecule has 0 amide bonds. The van der Waals surface area contributed by atoms with E-state index in [0.29, 0.717) is 16.0 Å². The van der Waals surface area contributed by atoms with Gasteiger partial charge in [-0.05, 0) is 41.7 Å². The zero-order chi connectivity index (χ0) is 13.4. The van der Waals surface area contributed by atoms with Gasteiger partial charge in [-0.3, -0.25) is 0 Å². The van der Waals surface area contributed by atoms with Crippen molar-refractivity contribution in [3.05, 3.63) is 69.2 Å². The van der Waals surface area contributed by atoms with Crippen LogP contribution in [0.3, 0.4) is 0 Å². The number of nitrogens with two attached hydrogens (primary N) is 1. The van der Waals surface area contributed by atoms with Crippen LogP contribution in [0.25, 0.3) is 0 Å². The Hall–Kier alpha value is -1.02. The predicted octanol–water partition coefficient (Wildman–Crippen LogP) is 4.92. The molecule has 3 heteroatoms. The quantitative estimate of drug-likeness (QED) is 0.794. The Morgan fingerprint density at radius 2 is 1.63 bits per heavy atom. The molecule has 0 bridgehead atoms. The summed E-state index contributed by atoms with van der Waals surface area (Å²) < 4.78 is 0. The van der Waals surface area contributed by atoms with Gasteiger partial charge in [0.1, 0.15) is 0 Å². The molecule has 98 valence electrons. The standard InChI is InChI=1S/C16H15Cl2N/c17-14-7-5-10(9-15(14)18)11-6-8-16(19)13-4-2-1-3-12(11)13/h1-5,7,9,11,16H,6,8,19H2/t11-,16-/m0/s1/i1+1,2+1,3+1,4+1,12+1,13+1. The molecule has 2 atom stereocenters. The minimum Gasteiger partial charge on any atom is -0.324 e. The molecule has 2 N–H and O–H groups in total. The minimum atomic E-state index is 0.148. The van der Waals surface area contributed by atoms with E-state index in [1.807, 2.05) is 12.1 Å². The SMILES string of the molecule is N[C@H]1CC[C@@H](c2ccc(Cl)c(Cl)c2)[13c]2[13cH][13cH][13cH][13cH][13c]21. The fraction of sp³-hybridized carbons (Fsp3) is 0.250. The van der Waals surface area contributed by atoms with E-state index in [1.165, 1.54) is 16.7 Å². The molecule has 0 aromatic heterocycles. The van der Waals surface area contributed by atoms with Crippen LogP contribution in [-0.2, 0) is 0 Å². The molecule has 1 aliphatic carbocycles. The normalized spacial score (nSPS) is 22.1. The van der Waals surface area contributed by atoms with Gasteiger partial charge in [0.25, 0.3) is 0 Å². The summed E-state index contributed by atoms with van der Waals surface area (Å²) in [7, 11) is 0. The van der Waals surface area contributed by atoms with Gasteiger partial charge >= 0.3 is 0 Å². The van der Waals surface area contributed by atoms with Crippen LogP contribution < -0.4 is 5.73 Å². The zero-order valence-corrected chi connectivity index (χ0v) is 12.0. The molecule has 0 spiro atoms. The first kappa shape index (κ1) is 13.0. The van der Waals surface area contributed by atoms with Crippen LogP contribution in [0.4, 0.5) is 0 Å². The second kappa shape index (κ2) is 5.16. The fourth-order valence-corrected chi connectivity index (χ4v) is 3.21. The number of rotatable bonds is 1. The first-order valence-corrected chi connectivity index (χ1v) is 7.22. The van der Waals surface area contributed by atoms with E-state index in [-0.39, 0.29) is 6.04 Å². The Kier molecular flexibility index (Phi) is 3.53. The third-order valence-corrected chi connectivity index (χ3v) is 4.62. The van der Waals surface area contributed by atoms with E-state index in [9.17, 15) is 0 Å². The van der Waals surface area contributed by atoms with Crippen molar-refractivity contribution in [3.63, 3.8) is 0 Å². The highest BCUT2D eigenvalue weighted by Crippen LogP contribution is 2.41. The van der Waals surface area contributed by atoms with Crippen molar-refractivity contribution in [2.24, 2.45) is 5.73 Å². The summed E-state index contributed by atoms with van der Waals surface area (Å²) in [6.45, 7) is 0. The van der Waals surface area contributed by atoms with Gasteiger partial charge in [-0.1, -0.05) is 53.5 Å². The van der Waals surface area contributed by atoms with Crippen LogP contribution in [0, 0.1) is 0 Å². The molecule has 0 saturated heterocycles. The van der Waals surface area contributed by atoms with Gasteiger partial charge in [0.15, 0.2) is 0 Å². The molecule has 0 fully saturated rings. The molecular weight excluding hydrogens is 283 g/mol. The molecule has 0 unspecified atom stereocenters. The molecule has 19 heavy (non-hydrogen) atoms. The van der Waals surface area contributed by atoms with Gasteiger partial charge in [0.2, 0.25) is 0 Å². The van der Waals surface area contributed by atoms with Crippen LogP contribution in [0.15, 0.2) is 42.5 Å². The maximum atomic E-state index is 6.19. The summed E-state index contributed by atoms with van der Waals surface area (Å²) >= 11 is 12.1. The van der Waals surface area contributed by atoms with Crippen molar-refractivity contribution >= 4 is 23.2 Å². The third-order valence-electron chi connectivity index (χ3n) is 3.88. The average molecular weight is 298 g/mol. The Morgan fingerprint density at radius 3 is 2.37 bits per heavy atom. The average Bonchev–Trinajstić information content (AvgIpc) is 2.43. The predicted molar refractivity (Wildman–Crippen MR) is 80.9 cm³/mol. The van der Waals surface area contributed by atoms with E-state index in [4.69, 9.17) is 28.9 Å². The lowest BCUT2D eigenvalue weighted by Gasteiger charge is -2.30. The van der Waals surface area contributed by atoms with Gasteiger partial charge in [-0.25, -0.2) is 0 Å². The number of hydrogen-bond donors (Lipinski definition) is 1. The summed E-state index contributed by atoms with van der Waals surface area (Å²) in [4.78, 5) is 0. The lowest BCUT2D eigenvalue weighted by atomic mass is 9.95. The van der Waals surface area contributed by atoms with Gasteiger partial charge < -0.3 is 5.73 Å². The molecule has 2 aromatic carbocycles. The molecule has 2 aromatic rings. The fourth-order valence-electron chi connectivity index (χ4n) is 2.90. The smallest absolute Gasteiger partial charge is 0.0595 e. The van der Waals surface area contributed by atoms with Crippen molar-refractivity contribution in [1.82, 2.24) is 0 Å².